The smallest absolute Gasteiger partial charge is 0.313 e. The Morgan fingerprint density at radius 3 is 2.15 bits per heavy atom. The minimum atomic E-state index is -0.623. The topological polar surface area (TPSA) is 66.5 Å². The van der Waals surface area contributed by atoms with Crippen LogP contribution in [0, 0.1) is 0 Å². The highest BCUT2D eigenvalue weighted by Crippen LogP contribution is 2.12. The van der Waals surface area contributed by atoms with Crippen molar-refractivity contribution in [1.29, 1.82) is 0 Å². The lowest BCUT2D eigenvalue weighted by Crippen LogP contribution is -2.42. The predicted molar refractivity (Wildman–Crippen MR) is 75.5 cm³/mol. The number of benzene rings is 1. The molecule has 0 bridgehead atoms. The molecule has 1 N–H and O–H groups in total. The second kappa shape index (κ2) is 6.32. The van der Waals surface area contributed by atoms with E-state index in [4.69, 9.17) is 0 Å². The number of piperidine rings is 1. The summed E-state index contributed by atoms with van der Waals surface area (Å²) in [6.45, 7) is 2.78. The number of anilines is 1. The van der Waals surface area contributed by atoms with Gasteiger partial charge in [-0.3, -0.25) is 14.4 Å². The molecule has 1 saturated heterocycles. The lowest BCUT2D eigenvalue weighted by Gasteiger charge is -2.25. The first kappa shape index (κ1) is 14.2. The highest BCUT2D eigenvalue weighted by atomic mass is 16.2. The fraction of sp³-hybridized carbons (Fsp3) is 0.400. The molecule has 106 valence electrons. The number of carbonyl (C=O) groups is 3. The van der Waals surface area contributed by atoms with Crippen LogP contribution in [-0.4, -0.2) is 35.6 Å². The zero-order valence-corrected chi connectivity index (χ0v) is 11.5. The highest BCUT2D eigenvalue weighted by Gasteiger charge is 2.23. The van der Waals surface area contributed by atoms with Crippen LogP contribution in [0.2, 0.25) is 0 Å². The quantitative estimate of drug-likeness (QED) is 0.661. The van der Waals surface area contributed by atoms with Gasteiger partial charge in [0.1, 0.15) is 0 Å². The maximum Gasteiger partial charge on any atom is 0.313 e. The van der Waals surface area contributed by atoms with E-state index in [1.54, 1.807) is 29.2 Å². The van der Waals surface area contributed by atoms with Crippen LogP contribution in [0.25, 0.3) is 0 Å². The summed E-state index contributed by atoms with van der Waals surface area (Å²) >= 11 is 0. The molecule has 20 heavy (non-hydrogen) atoms. The van der Waals surface area contributed by atoms with E-state index in [-0.39, 0.29) is 5.78 Å². The molecule has 1 fully saturated rings. The Labute approximate surface area is 118 Å². The van der Waals surface area contributed by atoms with E-state index in [9.17, 15) is 14.4 Å². The lowest BCUT2D eigenvalue weighted by atomic mass is 10.1. The Morgan fingerprint density at radius 2 is 1.60 bits per heavy atom. The number of hydrogen-bond donors (Lipinski definition) is 1. The van der Waals surface area contributed by atoms with Gasteiger partial charge in [0.25, 0.3) is 0 Å². The lowest BCUT2D eigenvalue weighted by molar-refractivity contribution is -0.143. The summed E-state index contributed by atoms with van der Waals surface area (Å²) in [6, 6.07) is 6.50. The number of carbonyl (C=O) groups excluding carboxylic acids is 3. The molecule has 1 aliphatic heterocycles. The molecule has 1 aliphatic rings. The molecular weight excluding hydrogens is 256 g/mol. The van der Waals surface area contributed by atoms with E-state index >= 15 is 0 Å². The number of Topliss-reactive ketones (excluding diaryl/α,β-unsaturated/α-hetero) is 1. The molecule has 5 nitrogen and oxygen atoms in total. The highest BCUT2D eigenvalue weighted by molar-refractivity contribution is 6.39. The number of rotatable bonds is 2. The van der Waals surface area contributed by atoms with E-state index in [0.29, 0.717) is 24.3 Å². The molecular formula is C15H18N2O3. The summed E-state index contributed by atoms with van der Waals surface area (Å²) in [4.78, 5) is 36.5. The van der Waals surface area contributed by atoms with Gasteiger partial charge in [0, 0.05) is 24.3 Å². The van der Waals surface area contributed by atoms with Crippen molar-refractivity contribution < 1.29 is 14.4 Å². The molecule has 0 aliphatic carbocycles. The average molecular weight is 274 g/mol. The zero-order chi connectivity index (χ0) is 14.5. The van der Waals surface area contributed by atoms with E-state index in [1.165, 1.54) is 6.92 Å². The number of likely N-dealkylation sites (tertiary alicyclic amines) is 1. The van der Waals surface area contributed by atoms with Crippen molar-refractivity contribution in [3.05, 3.63) is 29.8 Å². The molecule has 1 aromatic rings. The maximum atomic E-state index is 11.9. The van der Waals surface area contributed by atoms with Crippen LogP contribution >= 0.6 is 0 Å². The fourth-order valence-corrected chi connectivity index (χ4v) is 2.21. The van der Waals surface area contributed by atoms with Gasteiger partial charge in [-0.1, -0.05) is 0 Å². The first-order valence-electron chi connectivity index (χ1n) is 6.79. The largest absolute Gasteiger partial charge is 0.334 e. The van der Waals surface area contributed by atoms with Gasteiger partial charge in [-0.05, 0) is 50.5 Å². The van der Waals surface area contributed by atoms with Crippen molar-refractivity contribution in [2.75, 3.05) is 18.4 Å². The monoisotopic (exact) mass is 274 g/mol. The minimum absolute atomic E-state index is 0.0349. The Kier molecular flexibility index (Phi) is 4.50. The van der Waals surface area contributed by atoms with Crippen LogP contribution in [-0.2, 0) is 9.59 Å². The Hall–Kier alpha value is -2.17. The Morgan fingerprint density at radius 1 is 1.00 bits per heavy atom. The van der Waals surface area contributed by atoms with Gasteiger partial charge >= 0.3 is 11.8 Å². The average Bonchev–Trinajstić information content (AvgIpc) is 2.48. The van der Waals surface area contributed by atoms with Crippen LogP contribution in [0.1, 0.15) is 36.5 Å². The summed E-state index contributed by atoms with van der Waals surface area (Å²) in [5, 5.41) is 2.56. The van der Waals surface area contributed by atoms with E-state index in [2.05, 4.69) is 5.32 Å². The van der Waals surface area contributed by atoms with Gasteiger partial charge in [-0.15, -0.1) is 0 Å². The first-order chi connectivity index (χ1) is 9.58. The molecule has 1 aromatic carbocycles. The van der Waals surface area contributed by atoms with Gasteiger partial charge in [0.15, 0.2) is 5.78 Å². The van der Waals surface area contributed by atoms with Crippen LogP contribution in [0.4, 0.5) is 5.69 Å². The van der Waals surface area contributed by atoms with Crippen molar-refractivity contribution in [2.24, 2.45) is 0 Å². The maximum absolute atomic E-state index is 11.9. The fourth-order valence-electron chi connectivity index (χ4n) is 2.21. The number of amides is 2. The zero-order valence-electron chi connectivity index (χ0n) is 11.5. The molecule has 0 spiro atoms. The van der Waals surface area contributed by atoms with E-state index in [1.807, 2.05) is 0 Å². The SMILES string of the molecule is CC(=O)c1ccc(NC(=O)C(=O)N2CCCCC2)cc1. The normalized spacial score (nSPS) is 14.8. The van der Waals surface area contributed by atoms with Crippen LogP contribution in [0.5, 0.6) is 0 Å². The molecule has 0 radical (unpaired) electrons. The van der Waals surface area contributed by atoms with E-state index in [0.717, 1.165) is 19.3 Å². The van der Waals surface area contributed by atoms with E-state index < -0.39 is 11.8 Å². The minimum Gasteiger partial charge on any atom is -0.334 e. The molecule has 5 heteroatoms. The van der Waals surface area contributed by atoms with Gasteiger partial charge in [0.2, 0.25) is 0 Å². The summed E-state index contributed by atoms with van der Waals surface area (Å²) in [7, 11) is 0. The molecule has 2 amide bonds. The molecule has 0 saturated carbocycles. The van der Waals surface area contributed by atoms with Gasteiger partial charge in [-0.2, -0.15) is 0 Å². The third-order valence-electron chi connectivity index (χ3n) is 3.39. The standard InChI is InChI=1S/C15H18N2O3/c1-11(18)12-5-7-13(8-6-12)16-14(19)15(20)17-9-3-2-4-10-17/h5-8H,2-4,9-10H2,1H3,(H,16,19). The van der Waals surface area contributed by atoms with Crippen molar-refractivity contribution in [2.45, 2.75) is 26.2 Å². The number of nitrogens with zero attached hydrogens (tertiary/aromatic N) is 1. The van der Waals surface area contributed by atoms with Crippen LogP contribution in [0.3, 0.4) is 0 Å². The van der Waals surface area contributed by atoms with Gasteiger partial charge in [-0.25, -0.2) is 0 Å². The first-order valence-corrected chi connectivity index (χ1v) is 6.79. The number of nitrogens with one attached hydrogen (secondary N) is 1. The third-order valence-corrected chi connectivity index (χ3v) is 3.39. The molecule has 2 rings (SSSR count). The van der Waals surface area contributed by atoms with Crippen LogP contribution < -0.4 is 5.32 Å². The summed E-state index contributed by atoms with van der Waals surface area (Å²) in [6.07, 6.45) is 3.01. The van der Waals surface area contributed by atoms with Crippen LogP contribution in [0.15, 0.2) is 24.3 Å². The van der Waals surface area contributed by atoms with Crippen molar-refractivity contribution in [3.63, 3.8) is 0 Å². The van der Waals surface area contributed by atoms with Gasteiger partial charge < -0.3 is 10.2 Å². The Bertz CT molecular complexity index is 516. The molecule has 0 unspecified atom stereocenters. The van der Waals surface area contributed by atoms with Gasteiger partial charge in [0.05, 0.1) is 0 Å². The summed E-state index contributed by atoms with van der Waals surface area (Å²) in [5.41, 5.74) is 1.09. The second-order valence-electron chi connectivity index (χ2n) is 4.94. The summed E-state index contributed by atoms with van der Waals surface area (Å²) in [5.74, 6) is -1.14. The summed E-state index contributed by atoms with van der Waals surface area (Å²) < 4.78 is 0. The molecule has 0 atom stereocenters. The van der Waals surface area contributed by atoms with Crippen molar-refractivity contribution >= 4 is 23.3 Å². The second-order valence-corrected chi connectivity index (χ2v) is 4.94. The molecule has 1 heterocycles. The predicted octanol–water partition coefficient (Wildman–Crippen LogP) is 1.84. The van der Waals surface area contributed by atoms with Crippen molar-refractivity contribution in [1.82, 2.24) is 4.90 Å². The number of ketones is 1. The third kappa shape index (κ3) is 3.44. The van der Waals surface area contributed by atoms with Crippen molar-refractivity contribution in [3.8, 4) is 0 Å². The Balaban J connectivity index is 1.96. The number of hydrogen-bond acceptors (Lipinski definition) is 3. The molecule has 0 aromatic heterocycles.